The normalized spacial score (nSPS) is 21.7. The molecule has 1 fully saturated rings. The first-order valence-corrected chi connectivity index (χ1v) is 6.51. The van der Waals surface area contributed by atoms with Gasteiger partial charge < -0.3 is 0 Å². The molecule has 2 nitrogen and oxygen atoms in total. The molecule has 2 heteroatoms. The summed E-state index contributed by atoms with van der Waals surface area (Å²) >= 11 is 0. The van der Waals surface area contributed by atoms with E-state index in [1.807, 2.05) is 0 Å². The smallest absolute Gasteiger partial charge is 0.0624 e. The van der Waals surface area contributed by atoms with E-state index in [1.165, 1.54) is 31.4 Å². The molecule has 0 amide bonds. The summed E-state index contributed by atoms with van der Waals surface area (Å²) in [5.41, 5.74) is 1.39. The number of benzene rings is 1. The van der Waals surface area contributed by atoms with Crippen molar-refractivity contribution in [3.63, 3.8) is 0 Å². The van der Waals surface area contributed by atoms with Crippen molar-refractivity contribution >= 4 is 0 Å². The molecular weight excluding hydrogens is 208 g/mol. The van der Waals surface area contributed by atoms with E-state index in [9.17, 15) is 0 Å². The Labute approximate surface area is 104 Å². The van der Waals surface area contributed by atoms with Gasteiger partial charge in [0.1, 0.15) is 0 Å². The molecule has 0 spiro atoms. The zero-order valence-electron chi connectivity index (χ0n) is 10.3. The van der Waals surface area contributed by atoms with Gasteiger partial charge >= 0.3 is 0 Å². The summed E-state index contributed by atoms with van der Waals surface area (Å²) in [5.74, 6) is 0.626. The Morgan fingerprint density at radius 2 is 2.00 bits per heavy atom. The van der Waals surface area contributed by atoms with Crippen LogP contribution in [0.2, 0.25) is 0 Å². The second-order valence-corrected chi connectivity index (χ2v) is 4.92. The van der Waals surface area contributed by atoms with E-state index >= 15 is 0 Å². The van der Waals surface area contributed by atoms with E-state index in [-0.39, 0.29) is 0 Å². The molecule has 0 saturated carbocycles. The Morgan fingerprint density at radius 1 is 1.18 bits per heavy atom. The summed E-state index contributed by atoms with van der Waals surface area (Å²) in [6.45, 7) is 3.37. The highest BCUT2D eigenvalue weighted by molar-refractivity contribution is 5.14. The molecule has 1 aromatic carbocycles. The van der Waals surface area contributed by atoms with Crippen molar-refractivity contribution in [2.24, 2.45) is 5.92 Å². The highest BCUT2D eigenvalue weighted by Crippen LogP contribution is 2.21. The van der Waals surface area contributed by atoms with E-state index in [2.05, 4.69) is 41.3 Å². The lowest BCUT2D eigenvalue weighted by atomic mass is 9.98. The van der Waals surface area contributed by atoms with Crippen molar-refractivity contribution in [3.05, 3.63) is 35.9 Å². The van der Waals surface area contributed by atoms with E-state index in [0.29, 0.717) is 5.92 Å². The number of rotatable bonds is 3. The zero-order chi connectivity index (χ0) is 11.9. The molecule has 90 valence electrons. The fraction of sp³-hybridized carbons (Fsp3) is 0.533. The largest absolute Gasteiger partial charge is 0.299 e. The van der Waals surface area contributed by atoms with Crippen LogP contribution in [0.25, 0.3) is 0 Å². The molecule has 1 aliphatic heterocycles. The van der Waals surface area contributed by atoms with Gasteiger partial charge in [-0.2, -0.15) is 5.26 Å². The average Bonchev–Trinajstić information content (AvgIpc) is 2.57. The molecule has 0 bridgehead atoms. The molecule has 1 atom stereocenters. The predicted molar refractivity (Wildman–Crippen MR) is 69.3 cm³/mol. The molecule has 0 N–H and O–H groups in total. The highest BCUT2D eigenvalue weighted by atomic mass is 15.1. The Morgan fingerprint density at radius 3 is 2.76 bits per heavy atom. The number of nitriles is 1. The van der Waals surface area contributed by atoms with Crippen LogP contribution < -0.4 is 0 Å². The Hall–Kier alpha value is -1.33. The topological polar surface area (TPSA) is 27.0 Å². The van der Waals surface area contributed by atoms with Gasteiger partial charge in [0.05, 0.1) is 6.07 Å². The fourth-order valence-corrected chi connectivity index (χ4v) is 2.56. The van der Waals surface area contributed by atoms with E-state index < -0.39 is 0 Å². The van der Waals surface area contributed by atoms with Crippen molar-refractivity contribution in [1.29, 1.82) is 5.26 Å². The average molecular weight is 228 g/mol. The third kappa shape index (κ3) is 3.87. The summed E-state index contributed by atoms with van der Waals surface area (Å²) in [6.07, 6.45) is 4.37. The van der Waals surface area contributed by atoms with Gasteiger partial charge in [-0.05, 0) is 43.8 Å². The summed E-state index contributed by atoms with van der Waals surface area (Å²) in [6, 6.07) is 13.0. The molecule has 0 radical (unpaired) electrons. The second kappa shape index (κ2) is 6.42. The molecule has 1 saturated heterocycles. The first-order chi connectivity index (χ1) is 8.38. The number of hydrogen-bond donors (Lipinski definition) is 0. The van der Waals surface area contributed by atoms with Gasteiger partial charge in [0.25, 0.3) is 0 Å². The van der Waals surface area contributed by atoms with E-state index in [4.69, 9.17) is 5.26 Å². The van der Waals surface area contributed by atoms with Crippen LogP contribution in [0.3, 0.4) is 0 Å². The molecule has 0 aromatic heterocycles. The lowest BCUT2D eigenvalue weighted by molar-refractivity contribution is 0.273. The van der Waals surface area contributed by atoms with Gasteiger partial charge in [0.15, 0.2) is 0 Å². The minimum Gasteiger partial charge on any atom is -0.299 e. The van der Waals surface area contributed by atoms with Crippen molar-refractivity contribution in [2.75, 3.05) is 13.1 Å². The molecule has 1 aliphatic rings. The zero-order valence-corrected chi connectivity index (χ0v) is 10.3. The highest BCUT2D eigenvalue weighted by Gasteiger charge is 2.16. The van der Waals surface area contributed by atoms with Gasteiger partial charge in [0, 0.05) is 13.0 Å². The molecule has 0 aliphatic carbocycles. The second-order valence-electron chi connectivity index (χ2n) is 4.92. The minimum absolute atomic E-state index is 0.626. The van der Waals surface area contributed by atoms with Crippen LogP contribution >= 0.6 is 0 Å². The number of likely N-dealkylation sites (tertiary alicyclic amines) is 1. The molecular formula is C15H20N2. The van der Waals surface area contributed by atoms with Gasteiger partial charge in [-0.1, -0.05) is 30.3 Å². The number of nitrogens with zero attached hydrogens (tertiary/aromatic N) is 2. The summed E-state index contributed by atoms with van der Waals surface area (Å²) < 4.78 is 0. The summed E-state index contributed by atoms with van der Waals surface area (Å²) in [4.78, 5) is 2.52. The monoisotopic (exact) mass is 228 g/mol. The third-order valence-corrected chi connectivity index (χ3v) is 3.57. The number of hydrogen-bond acceptors (Lipinski definition) is 2. The van der Waals surface area contributed by atoms with E-state index in [0.717, 1.165) is 19.5 Å². The maximum Gasteiger partial charge on any atom is 0.0624 e. The fourth-order valence-electron chi connectivity index (χ4n) is 2.56. The molecule has 1 heterocycles. The van der Waals surface area contributed by atoms with Crippen LogP contribution in [0.1, 0.15) is 31.2 Å². The van der Waals surface area contributed by atoms with Crippen LogP contribution in [-0.2, 0) is 6.54 Å². The summed E-state index contributed by atoms with van der Waals surface area (Å²) in [5, 5.41) is 8.75. The van der Waals surface area contributed by atoms with Crippen LogP contribution in [0, 0.1) is 17.2 Å². The first-order valence-electron chi connectivity index (χ1n) is 6.51. The minimum atomic E-state index is 0.626. The van der Waals surface area contributed by atoms with E-state index in [1.54, 1.807) is 0 Å². The molecule has 2 rings (SSSR count). The lowest BCUT2D eigenvalue weighted by Gasteiger charge is -2.19. The van der Waals surface area contributed by atoms with Gasteiger partial charge in [-0.15, -0.1) is 0 Å². The van der Waals surface area contributed by atoms with Crippen molar-refractivity contribution in [3.8, 4) is 6.07 Å². The quantitative estimate of drug-likeness (QED) is 0.794. The van der Waals surface area contributed by atoms with Crippen LogP contribution in [-0.4, -0.2) is 18.0 Å². The predicted octanol–water partition coefficient (Wildman–Crippen LogP) is 3.20. The van der Waals surface area contributed by atoms with Crippen molar-refractivity contribution in [2.45, 2.75) is 32.2 Å². The maximum absolute atomic E-state index is 8.75. The molecule has 1 unspecified atom stereocenters. The summed E-state index contributed by atoms with van der Waals surface area (Å²) in [7, 11) is 0. The Balaban J connectivity index is 1.85. The lowest BCUT2D eigenvalue weighted by Crippen LogP contribution is -2.24. The SMILES string of the molecule is N#CCC1CCCN(Cc2ccccc2)CC1. The van der Waals surface area contributed by atoms with Gasteiger partial charge in [-0.3, -0.25) is 4.90 Å². The van der Waals surface area contributed by atoms with Crippen LogP contribution in [0.15, 0.2) is 30.3 Å². The van der Waals surface area contributed by atoms with Crippen LogP contribution in [0.5, 0.6) is 0 Å². The van der Waals surface area contributed by atoms with Crippen LogP contribution in [0.4, 0.5) is 0 Å². The third-order valence-electron chi connectivity index (χ3n) is 3.57. The molecule has 17 heavy (non-hydrogen) atoms. The van der Waals surface area contributed by atoms with Gasteiger partial charge in [0.2, 0.25) is 0 Å². The Kier molecular flexibility index (Phi) is 4.58. The maximum atomic E-state index is 8.75. The van der Waals surface area contributed by atoms with Gasteiger partial charge in [-0.25, -0.2) is 0 Å². The Bertz CT molecular complexity index is 366. The molecule has 1 aromatic rings. The van der Waals surface area contributed by atoms with Crippen molar-refractivity contribution < 1.29 is 0 Å². The standard InChI is InChI=1S/C15H20N2/c16-10-8-14-7-4-11-17(12-9-14)13-15-5-2-1-3-6-15/h1-3,5-6,14H,4,7-9,11-13H2. The first kappa shape index (κ1) is 12.1. The van der Waals surface area contributed by atoms with Crippen molar-refractivity contribution in [1.82, 2.24) is 4.90 Å².